The van der Waals surface area contributed by atoms with Crippen LogP contribution in [0, 0.1) is 0 Å². The average Bonchev–Trinajstić information content (AvgIpc) is 3.50. The first-order valence-corrected chi connectivity index (χ1v) is 12.3. The molecule has 0 saturated carbocycles. The van der Waals surface area contributed by atoms with Gasteiger partial charge in [0.1, 0.15) is 17.5 Å². The van der Waals surface area contributed by atoms with E-state index in [9.17, 15) is 19.2 Å². The van der Waals surface area contributed by atoms with Gasteiger partial charge in [0.2, 0.25) is 11.8 Å². The van der Waals surface area contributed by atoms with Crippen LogP contribution in [0.5, 0.6) is 11.5 Å². The molecule has 0 radical (unpaired) electrons. The van der Waals surface area contributed by atoms with Crippen molar-refractivity contribution in [1.82, 2.24) is 16.0 Å². The van der Waals surface area contributed by atoms with Gasteiger partial charge < -0.3 is 20.1 Å². The zero-order valence-electron chi connectivity index (χ0n) is 19.2. The highest BCUT2D eigenvalue weighted by atomic mass is 32.2. The van der Waals surface area contributed by atoms with E-state index in [1.54, 1.807) is 12.1 Å². The number of ether oxygens (including phenoxy) is 2. The Hall–Kier alpha value is -3.37. The molecule has 9 nitrogen and oxygen atoms in total. The summed E-state index contributed by atoms with van der Waals surface area (Å²) in [7, 11) is 1.30. The molecule has 2 aromatic carbocycles. The molecule has 3 amide bonds. The quantitative estimate of drug-likeness (QED) is 0.451. The molecule has 2 aromatic rings. The van der Waals surface area contributed by atoms with E-state index in [2.05, 4.69) is 16.0 Å². The lowest BCUT2D eigenvalue weighted by Gasteiger charge is -2.19. The lowest BCUT2D eigenvalue weighted by molar-refractivity contribution is -0.145. The molecule has 35 heavy (non-hydrogen) atoms. The molecule has 184 valence electrons. The Morgan fingerprint density at radius 3 is 2.26 bits per heavy atom. The molecule has 2 saturated heterocycles. The van der Waals surface area contributed by atoms with E-state index in [4.69, 9.17) is 9.47 Å². The van der Waals surface area contributed by atoms with Gasteiger partial charge in [0, 0.05) is 6.42 Å². The van der Waals surface area contributed by atoms with Crippen molar-refractivity contribution in [1.29, 1.82) is 0 Å². The normalized spacial score (nSPS) is 20.3. The number of hydrogen-bond donors (Lipinski definition) is 3. The van der Waals surface area contributed by atoms with Gasteiger partial charge >= 0.3 is 5.97 Å². The summed E-state index contributed by atoms with van der Waals surface area (Å²) in [4.78, 5) is 47.7. The Bertz CT molecular complexity index is 1080. The lowest BCUT2D eigenvalue weighted by Crippen LogP contribution is -2.49. The van der Waals surface area contributed by atoms with Gasteiger partial charge in [-0.15, -0.1) is 0 Å². The van der Waals surface area contributed by atoms with Crippen LogP contribution in [0.15, 0.2) is 48.5 Å². The molecule has 2 aliphatic rings. The third-order valence-electron chi connectivity index (χ3n) is 5.89. The monoisotopic (exact) mass is 497 g/mol. The smallest absolute Gasteiger partial charge is 0.328 e. The number of thioether (sulfide) groups is 1. The van der Waals surface area contributed by atoms with E-state index in [0.29, 0.717) is 24.3 Å². The number of nitrogens with one attached hydrogen (secondary N) is 3. The first-order chi connectivity index (χ1) is 16.9. The molecule has 3 atom stereocenters. The van der Waals surface area contributed by atoms with Gasteiger partial charge in [-0.1, -0.05) is 36.0 Å². The summed E-state index contributed by atoms with van der Waals surface area (Å²) in [6.45, 7) is 0.795. The van der Waals surface area contributed by atoms with Crippen LogP contribution in [0.3, 0.4) is 0 Å². The van der Waals surface area contributed by atoms with Gasteiger partial charge in [-0.3, -0.25) is 19.7 Å². The number of carbonyl (C=O) groups is 4. The summed E-state index contributed by atoms with van der Waals surface area (Å²) in [5, 5.41) is 7.49. The van der Waals surface area contributed by atoms with Gasteiger partial charge in [0.05, 0.1) is 18.4 Å². The number of methoxy groups -OCH3 is 1. The molecule has 0 aromatic heterocycles. The molecule has 0 aliphatic carbocycles. The van der Waals surface area contributed by atoms with E-state index in [1.165, 1.54) is 7.11 Å². The van der Waals surface area contributed by atoms with Crippen molar-refractivity contribution in [3.63, 3.8) is 0 Å². The Labute approximate surface area is 207 Å². The van der Waals surface area contributed by atoms with Crippen LogP contribution >= 0.6 is 11.8 Å². The number of esters is 1. The maximum absolute atomic E-state index is 12.4. The summed E-state index contributed by atoms with van der Waals surface area (Å²) >= 11 is 1.01. The molecule has 0 bridgehead atoms. The van der Waals surface area contributed by atoms with Gasteiger partial charge in [-0.25, -0.2) is 4.79 Å². The van der Waals surface area contributed by atoms with Crippen molar-refractivity contribution in [2.75, 3.05) is 13.7 Å². The largest absolute Gasteiger partial charge is 0.467 e. The topological polar surface area (TPSA) is 123 Å². The predicted octanol–water partition coefficient (Wildman–Crippen LogP) is 2.33. The summed E-state index contributed by atoms with van der Waals surface area (Å²) in [6, 6.07) is 13.6. The zero-order valence-corrected chi connectivity index (χ0v) is 20.1. The fourth-order valence-electron chi connectivity index (χ4n) is 4.02. The minimum Gasteiger partial charge on any atom is -0.467 e. The van der Waals surface area contributed by atoms with E-state index < -0.39 is 17.3 Å². The van der Waals surface area contributed by atoms with Crippen molar-refractivity contribution >= 4 is 34.8 Å². The summed E-state index contributed by atoms with van der Waals surface area (Å²) in [6.07, 6.45) is 2.45. The molecule has 3 N–H and O–H groups in total. The van der Waals surface area contributed by atoms with Crippen LogP contribution in [-0.4, -0.2) is 54.0 Å². The molecule has 2 heterocycles. The number of amides is 3. The fourth-order valence-corrected chi connectivity index (χ4v) is 4.88. The van der Waals surface area contributed by atoms with Gasteiger partial charge in [0.15, 0.2) is 0 Å². The van der Waals surface area contributed by atoms with Crippen molar-refractivity contribution in [3.05, 3.63) is 59.7 Å². The molecule has 0 spiro atoms. The first kappa shape index (κ1) is 24.7. The Morgan fingerprint density at radius 2 is 1.71 bits per heavy atom. The maximum Gasteiger partial charge on any atom is 0.328 e. The molecule has 3 unspecified atom stereocenters. The highest BCUT2D eigenvalue weighted by Gasteiger charge is 2.31. The Balaban J connectivity index is 1.32. The van der Waals surface area contributed by atoms with E-state index in [-0.39, 0.29) is 23.1 Å². The molecule has 10 heteroatoms. The predicted molar refractivity (Wildman–Crippen MR) is 130 cm³/mol. The molecule has 4 rings (SSSR count). The first-order valence-electron chi connectivity index (χ1n) is 11.4. The second kappa shape index (κ2) is 11.4. The number of imide groups is 1. The Morgan fingerprint density at radius 1 is 1.06 bits per heavy atom. The van der Waals surface area contributed by atoms with Crippen molar-refractivity contribution < 1.29 is 28.7 Å². The van der Waals surface area contributed by atoms with Crippen molar-refractivity contribution in [3.8, 4) is 11.5 Å². The standard InChI is InChI=1S/C25H27N3O6S/c1-33-24(31)20(27-22(29)19-3-2-12-26-19)13-15-4-8-17(9-5-15)34-18-10-6-16(7-11-18)14-21-23(30)28-25(32)35-21/h4-11,19-21,26H,2-3,12-14H2,1H3,(H,27,29)(H,28,30,32). The fraction of sp³-hybridized carbons (Fsp3) is 0.360. The number of benzene rings is 2. The summed E-state index contributed by atoms with van der Waals surface area (Å²) in [5.74, 6) is 0.302. The maximum atomic E-state index is 12.4. The lowest BCUT2D eigenvalue weighted by atomic mass is 10.0. The molecular formula is C25H27N3O6S. The van der Waals surface area contributed by atoms with Crippen LogP contribution in [0.2, 0.25) is 0 Å². The van der Waals surface area contributed by atoms with Crippen LogP contribution in [0.4, 0.5) is 4.79 Å². The zero-order chi connectivity index (χ0) is 24.8. The van der Waals surface area contributed by atoms with Gasteiger partial charge in [-0.05, 0) is 61.2 Å². The van der Waals surface area contributed by atoms with Crippen molar-refractivity contribution in [2.45, 2.75) is 43.0 Å². The number of rotatable bonds is 9. The number of hydrogen-bond acceptors (Lipinski definition) is 8. The minimum absolute atomic E-state index is 0.194. The van der Waals surface area contributed by atoms with Crippen molar-refractivity contribution in [2.24, 2.45) is 0 Å². The SMILES string of the molecule is COC(=O)C(Cc1ccc(Oc2ccc(CC3SC(=O)NC3=O)cc2)cc1)NC(=O)C1CCCN1. The summed E-state index contributed by atoms with van der Waals surface area (Å²) in [5.41, 5.74) is 1.78. The van der Waals surface area contributed by atoms with Crippen LogP contribution < -0.4 is 20.7 Å². The molecular weight excluding hydrogens is 470 g/mol. The van der Waals surface area contributed by atoms with E-state index in [1.807, 2.05) is 36.4 Å². The van der Waals surface area contributed by atoms with E-state index in [0.717, 1.165) is 42.3 Å². The van der Waals surface area contributed by atoms with Gasteiger partial charge in [0.25, 0.3) is 5.24 Å². The third kappa shape index (κ3) is 6.61. The highest BCUT2D eigenvalue weighted by Crippen LogP contribution is 2.26. The van der Waals surface area contributed by atoms with Crippen LogP contribution in [-0.2, 0) is 32.0 Å². The average molecular weight is 498 g/mol. The summed E-state index contributed by atoms with van der Waals surface area (Å²) < 4.78 is 10.8. The second-order valence-corrected chi connectivity index (χ2v) is 9.59. The minimum atomic E-state index is -0.774. The third-order valence-corrected chi connectivity index (χ3v) is 6.87. The molecule has 2 aliphatic heterocycles. The van der Waals surface area contributed by atoms with Crippen LogP contribution in [0.1, 0.15) is 24.0 Å². The van der Waals surface area contributed by atoms with Gasteiger partial charge in [-0.2, -0.15) is 0 Å². The highest BCUT2D eigenvalue weighted by molar-refractivity contribution is 8.15. The second-order valence-electron chi connectivity index (χ2n) is 8.41. The van der Waals surface area contributed by atoms with E-state index >= 15 is 0 Å². The Kier molecular flexibility index (Phi) is 8.04. The number of carbonyl (C=O) groups excluding carboxylic acids is 4. The van der Waals surface area contributed by atoms with Crippen LogP contribution in [0.25, 0.3) is 0 Å². The molecule has 2 fully saturated rings.